The second-order valence-corrected chi connectivity index (χ2v) is 11.2. The van der Waals surface area contributed by atoms with Crippen molar-refractivity contribution in [2.45, 2.75) is 57.5 Å². The molecule has 1 aliphatic carbocycles. The largest absolute Gasteiger partial charge is 0.335 e. The maximum atomic E-state index is 13.8. The summed E-state index contributed by atoms with van der Waals surface area (Å²) in [5.41, 5.74) is 4.38. The van der Waals surface area contributed by atoms with E-state index in [2.05, 4.69) is 47.1 Å². The third kappa shape index (κ3) is 6.08. The van der Waals surface area contributed by atoms with Crippen LogP contribution in [-0.2, 0) is 6.54 Å². The zero-order chi connectivity index (χ0) is 25.8. The minimum atomic E-state index is -0.314. The SMILES string of the molecule is Cc1ccccc1[C@H]1CN(Cc2ccccc2Cl)C[C@@H]1CN(C(=O)c1ccc(F)cc1)C1CCCCC1. The molecule has 0 spiro atoms. The van der Waals surface area contributed by atoms with E-state index in [9.17, 15) is 9.18 Å². The zero-order valence-corrected chi connectivity index (χ0v) is 22.3. The molecule has 5 heteroatoms. The summed E-state index contributed by atoms with van der Waals surface area (Å²) >= 11 is 6.52. The number of hydrogen-bond acceptors (Lipinski definition) is 2. The molecule has 0 aromatic heterocycles. The summed E-state index contributed by atoms with van der Waals surface area (Å²) in [6, 6.07) is 23.0. The van der Waals surface area contributed by atoms with Crippen LogP contribution in [0.3, 0.4) is 0 Å². The lowest BCUT2D eigenvalue weighted by Crippen LogP contribution is -2.45. The Hall–Kier alpha value is -2.69. The van der Waals surface area contributed by atoms with E-state index < -0.39 is 0 Å². The average Bonchev–Trinajstić information content (AvgIpc) is 3.31. The van der Waals surface area contributed by atoms with Gasteiger partial charge in [0.2, 0.25) is 0 Å². The molecule has 2 atom stereocenters. The van der Waals surface area contributed by atoms with Gasteiger partial charge in [-0.3, -0.25) is 9.69 Å². The van der Waals surface area contributed by atoms with Gasteiger partial charge in [-0.15, -0.1) is 0 Å². The number of carbonyl (C=O) groups is 1. The lowest BCUT2D eigenvalue weighted by atomic mass is 9.85. The average molecular weight is 519 g/mol. The van der Waals surface area contributed by atoms with Crippen molar-refractivity contribution in [3.63, 3.8) is 0 Å². The first kappa shape index (κ1) is 25.9. The number of nitrogens with zero attached hydrogens (tertiary/aromatic N) is 2. The van der Waals surface area contributed by atoms with Crippen LogP contribution in [0, 0.1) is 18.7 Å². The molecular formula is C32H36ClFN2O. The third-order valence-corrected chi connectivity index (χ3v) is 8.62. The Bertz CT molecular complexity index is 1210. The molecule has 2 fully saturated rings. The summed E-state index contributed by atoms with van der Waals surface area (Å²) in [5, 5.41) is 0.800. The summed E-state index contributed by atoms with van der Waals surface area (Å²) < 4.78 is 13.6. The Morgan fingerprint density at radius 2 is 1.65 bits per heavy atom. The molecule has 5 rings (SSSR count). The van der Waals surface area contributed by atoms with Crippen molar-refractivity contribution >= 4 is 17.5 Å². The van der Waals surface area contributed by atoms with Crippen LogP contribution < -0.4 is 0 Å². The third-order valence-electron chi connectivity index (χ3n) is 8.26. The minimum absolute atomic E-state index is 0.0278. The first-order valence-corrected chi connectivity index (χ1v) is 13.9. The summed E-state index contributed by atoms with van der Waals surface area (Å²) in [6.45, 7) is 5.53. The molecule has 1 saturated heterocycles. The van der Waals surface area contributed by atoms with Crippen molar-refractivity contribution in [2.24, 2.45) is 5.92 Å². The van der Waals surface area contributed by atoms with Gasteiger partial charge in [0.1, 0.15) is 5.82 Å². The van der Waals surface area contributed by atoms with Crippen LogP contribution >= 0.6 is 11.6 Å². The highest BCUT2D eigenvalue weighted by Gasteiger charge is 2.38. The van der Waals surface area contributed by atoms with Crippen molar-refractivity contribution in [2.75, 3.05) is 19.6 Å². The maximum absolute atomic E-state index is 13.8. The van der Waals surface area contributed by atoms with Crippen molar-refractivity contribution < 1.29 is 9.18 Å². The van der Waals surface area contributed by atoms with Crippen LogP contribution in [0.25, 0.3) is 0 Å². The number of rotatable bonds is 7. The quantitative estimate of drug-likeness (QED) is 0.323. The smallest absolute Gasteiger partial charge is 0.254 e. The second-order valence-electron chi connectivity index (χ2n) is 10.8. The Balaban J connectivity index is 1.44. The van der Waals surface area contributed by atoms with Gasteiger partial charge < -0.3 is 4.90 Å². The van der Waals surface area contributed by atoms with Gasteiger partial charge >= 0.3 is 0 Å². The van der Waals surface area contributed by atoms with Crippen LogP contribution in [0.4, 0.5) is 4.39 Å². The minimum Gasteiger partial charge on any atom is -0.335 e. The number of carbonyl (C=O) groups excluding carboxylic acids is 1. The Morgan fingerprint density at radius 1 is 0.946 bits per heavy atom. The fraction of sp³-hybridized carbons (Fsp3) is 0.406. The molecule has 3 nitrogen and oxygen atoms in total. The Kier molecular flexibility index (Phi) is 8.26. The number of benzene rings is 3. The molecule has 3 aromatic rings. The van der Waals surface area contributed by atoms with Gasteiger partial charge in [-0.25, -0.2) is 4.39 Å². The van der Waals surface area contributed by atoms with E-state index in [1.807, 2.05) is 18.2 Å². The Morgan fingerprint density at radius 3 is 2.38 bits per heavy atom. The Labute approximate surface area is 225 Å². The zero-order valence-electron chi connectivity index (χ0n) is 21.6. The van der Waals surface area contributed by atoms with Gasteiger partial charge in [0.15, 0.2) is 0 Å². The van der Waals surface area contributed by atoms with Gasteiger partial charge in [-0.1, -0.05) is 73.3 Å². The van der Waals surface area contributed by atoms with E-state index in [0.29, 0.717) is 23.9 Å². The standard InChI is InChI=1S/C32H36ClFN2O/c1-23-9-5-7-13-29(23)30-22-35(19-25-10-6-8-14-31(25)33)20-26(30)21-36(28-11-3-2-4-12-28)32(37)24-15-17-27(34)18-16-24/h5-10,13-18,26,28,30H,2-4,11-12,19-22H2,1H3/t26-,30+/m1/s1. The van der Waals surface area contributed by atoms with E-state index in [4.69, 9.17) is 11.6 Å². The van der Waals surface area contributed by atoms with Gasteiger partial charge in [0, 0.05) is 48.7 Å². The van der Waals surface area contributed by atoms with Gasteiger partial charge in [0.25, 0.3) is 5.91 Å². The highest BCUT2D eigenvalue weighted by atomic mass is 35.5. The van der Waals surface area contributed by atoms with Gasteiger partial charge in [0.05, 0.1) is 0 Å². The summed E-state index contributed by atoms with van der Waals surface area (Å²) in [4.78, 5) is 18.5. The second kappa shape index (κ2) is 11.8. The fourth-order valence-electron chi connectivity index (χ4n) is 6.30. The van der Waals surface area contributed by atoms with E-state index >= 15 is 0 Å². The maximum Gasteiger partial charge on any atom is 0.254 e. The molecule has 3 aromatic carbocycles. The number of halogens is 2. The van der Waals surface area contributed by atoms with Crippen LogP contribution in [0.2, 0.25) is 5.02 Å². The molecular weight excluding hydrogens is 483 g/mol. The molecule has 1 heterocycles. The molecule has 0 bridgehead atoms. The monoisotopic (exact) mass is 518 g/mol. The molecule has 0 radical (unpaired) electrons. The molecule has 194 valence electrons. The highest BCUT2D eigenvalue weighted by molar-refractivity contribution is 6.31. The normalized spacial score (nSPS) is 20.7. The first-order valence-electron chi connectivity index (χ1n) is 13.6. The predicted molar refractivity (Wildman–Crippen MR) is 148 cm³/mol. The predicted octanol–water partition coefficient (Wildman–Crippen LogP) is 7.48. The van der Waals surface area contributed by atoms with Crippen molar-refractivity contribution in [1.82, 2.24) is 9.80 Å². The van der Waals surface area contributed by atoms with Crippen molar-refractivity contribution in [1.29, 1.82) is 0 Å². The lowest BCUT2D eigenvalue weighted by Gasteiger charge is -2.37. The van der Waals surface area contributed by atoms with E-state index in [1.165, 1.54) is 29.7 Å². The first-order chi connectivity index (χ1) is 18.0. The number of aryl methyl sites for hydroxylation is 1. The van der Waals surface area contributed by atoms with Gasteiger partial charge in [-0.2, -0.15) is 0 Å². The number of hydrogen-bond donors (Lipinski definition) is 0. The number of likely N-dealkylation sites (tertiary alicyclic amines) is 1. The van der Waals surface area contributed by atoms with Crippen molar-refractivity contribution in [3.8, 4) is 0 Å². The summed E-state index contributed by atoms with van der Waals surface area (Å²) in [5.74, 6) is 0.345. The van der Waals surface area contributed by atoms with Crippen LogP contribution in [0.5, 0.6) is 0 Å². The molecule has 0 unspecified atom stereocenters. The summed E-state index contributed by atoms with van der Waals surface area (Å²) in [7, 11) is 0. The lowest BCUT2D eigenvalue weighted by molar-refractivity contribution is 0.0588. The molecule has 1 aliphatic heterocycles. The fourth-order valence-corrected chi connectivity index (χ4v) is 6.49. The van der Waals surface area contributed by atoms with E-state index in [0.717, 1.165) is 55.9 Å². The van der Waals surface area contributed by atoms with Gasteiger partial charge in [-0.05, 0) is 72.7 Å². The van der Waals surface area contributed by atoms with Crippen LogP contribution in [0.15, 0.2) is 72.8 Å². The van der Waals surface area contributed by atoms with Crippen LogP contribution in [-0.4, -0.2) is 41.4 Å². The van der Waals surface area contributed by atoms with E-state index in [1.54, 1.807) is 12.1 Å². The van der Waals surface area contributed by atoms with E-state index in [-0.39, 0.29) is 17.8 Å². The topological polar surface area (TPSA) is 23.6 Å². The molecule has 37 heavy (non-hydrogen) atoms. The number of amides is 1. The van der Waals surface area contributed by atoms with Crippen molar-refractivity contribution in [3.05, 3.63) is 106 Å². The molecule has 2 aliphatic rings. The molecule has 1 saturated carbocycles. The van der Waals surface area contributed by atoms with Crippen LogP contribution in [0.1, 0.15) is 65.1 Å². The molecule has 0 N–H and O–H groups in total. The highest BCUT2D eigenvalue weighted by Crippen LogP contribution is 2.37. The summed E-state index contributed by atoms with van der Waals surface area (Å²) in [6.07, 6.45) is 5.62. The molecule has 1 amide bonds.